The number of allylic oxidation sites excluding steroid dienone is 3. The number of nitrogens with zero attached hydrogens (tertiary/aromatic N) is 4. The fourth-order valence-corrected chi connectivity index (χ4v) is 9.02. The lowest BCUT2D eigenvalue weighted by molar-refractivity contribution is 0.978. The Bertz CT molecular complexity index is 3230. The molecule has 308 valence electrons. The fraction of sp³-hybridized carbons (Fsp3) is 0.100. The second-order valence-electron chi connectivity index (χ2n) is 16.7. The first-order valence-corrected chi connectivity index (χ1v) is 22.1. The SMILES string of the molecule is C=NC(=NC(=NCc1cccc(C)c1)c1cc(-c2ccc(-c3cc4ccccc4c4c3C=CCC=C4)cc2)cc(-c2ccc(-c3nccc4c3C=CCC4)cc2)c1)c1cccc(C)c1. The maximum absolute atomic E-state index is 5.25. The number of amidine groups is 2. The molecule has 0 bridgehead atoms. The standard InChI is InChI=1S/C60H48N4/c1-40-13-11-15-42(33-40)39-63-60(64-59(61-3)49-18-12-14-41(2)34-49)52-36-50(35-51(37-52)44-25-29-47(30-26-44)58-54-20-10-7-16-45(54)31-32-62-58)43-23-27-46(28-24-43)57-38-48-17-8-9-19-53(48)55-21-5-4-6-22-56(55)57/h5-6,8-15,17-38H,3-4,7,16,39H2,1-2H3. The summed E-state index contributed by atoms with van der Waals surface area (Å²) >= 11 is 0. The molecule has 7 aromatic carbocycles. The smallest absolute Gasteiger partial charge is 0.161 e. The Morgan fingerprint density at radius 3 is 2.00 bits per heavy atom. The summed E-state index contributed by atoms with van der Waals surface area (Å²) in [5.74, 6) is 1.12. The number of rotatable bonds is 8. The van der Waals surface area contributed by atoms with Crippen LogP contribution >= 0.6 is 0 Å². The number of hydrogen-bond donors (Lipinski definition) is 0. The van der Waals surface area contributed by atoms with Gasteiger partial charge in [0.25, 0.3) is 0 Å². The summed E-state index contributed by atoms with van der Waals surface area (Å²) in [6.07, 6.45) is 18.5. The predicted octanol–water partition coefficient (Wildman–Crippen LogP) is 15.0. The van der Waals surface area contributed by atoms with Crippen molar-refractivity contribution in [3.63, 3.8) is 0 Å². The second-order valence-corrected chi connectivity index (χ2v) is 16.7. The maximum atomic E-state index is 5.25. The summed E-state index contributed by atoms with van der Waals surface area (Å²) in [4.78, 5) is 19.8. The molecule has 0 saturated carbocycles. The highest BCUT2D eigenvalue weighted by Gasteiger charge is 2.17. The van der Waals surface area contributed by atoms with Crippen molar-refractivity contribution in [2.45, 2.75) is 39.7 Å². The Morgan fingerprint density at radius 2 is 1.25 bits per heavy atom. The van der Waals surface area contributed by atoms with E-state index in [1.54, 1.807) is 0 Å². The zero-order valence-corrected chi connectivity index (χ0v) is 36.3. The predicted molar refractivity (Wildman–Crippen MR) is 272 cm³/mol. The van der Waals surface area contributed by atoms with Gasteiger partial charge in [-0.25, -0.2) is 9.98 Å². The van der Waals surface area contributed by atoms with Crippen molar-refractivity contribution < 1.29 is 0 Å². The van der Waals surface area contributed by atoms with Crippen LogP contribution in [0.5, 0.6) is 0 Å². The number of aromatic nitrogens is 1. The number of pyridine rings is 1. The number of fused-ring (bicyclic) bond motifs is 4. The van der Waals surface area contributed by atoms with E-state index in [1.165, 1.54) is 49.7 Å². The van der Waals surface area contributed by atoms with Crippen molar-refractivity contribution in [1.29, 1.82) is 0 Å². The van der Waals surface area contributed by atoms with E-state index in [2.05, 4.69) is 202 Å². The summed E-state index contributed by atoms with van der Waals surface area (Å²) in [7, 11) is 0. The van der Waals surface area contributed by atoms with Crippen molar-refractivity contribution in [2.75, 3.05) is 0 Å². The molecule has 0 N–H and O–H groups in total. The monoisotopic (exact) mass is 824 g/mol. The number of benzene rings is 7. The van der Waals surface area contributed by atoms with Crippen molar-refractivity contribution >= 4 is 47.4 Å². The summed E-state index contributed by atoms with van der Waals surface area (Å²) in [6.45, 7) is 8.61. The van der Waals surface area contributed by atoms with Crippen molar-refractivity contribution in [1.82, 2.24) is 4.98 Å². The third-order valence-electron chi connectivity index (χ3n) is 12.3. The molecular formula is C60H48N4. The van der Waals surface area contributed by atoms with Gasteiger partial charge >= 0.3 is 0 Å². The van der Waals surface area contributed by atoms with E-state index < -0.39 is 0 Å². The van der Waals surface area contributed by atoms with E-state index in [-0.39, 0.29) is 0 Å². The molecule has 0 amide bonds. The van der Waals surface area contributed by atoms with Crippen molar-refractivity contribution in [2.24, 2.45) is 15.0 Å². The number of aliphatic imine (C=N–C) groups is 3. The molecule has 0 aliphatic heterocycles. The van der Waals surface area contributed by atoms with Crippen LogP contribution in [-0.2, 0) is 13.0 Å². The third-order valence-corrected chi connectivity index (χ3v) is 12.3. The topological polar surface area (TPSA) is 50.0 Å². The van der Waals surface area contributed by atoms with Gasteiger partial charge in [-0.1, -0.05) is 163 Å². The first-order valence-electron chi connectivity index (χ1n) is 22.1. The van der Waals surface area contributed by atoms with E-state index in [0.29, 0.717) is 18.2 Å². The van der Waals surface area contributed by atoms with Gasteiger partial charge in [0.15, 0.2) is 11.7 Å². The number of aryl methyl sites for hydroxylation is 3. The molecule has 10 rings (SSSR count). The minimum absolute atomic E-state index is 0.463. The van der Waals surface area contributed by atoms with Crippen LogP contribution in [0.3, 0.4) is 0 Å². The van der Waals surface area contributed by atoms with Gasteiger partial charge in [0.05, 0.1) is 12.2 Å². The Kier molecular flexibility index (Phi) is 11.2. The van der Waals surface area contributed by atoms with Gasteiger partial charge in [-0.05, 0) is 143 Å². The van der Waals surface area contributed by atoms with Gasteiger partial charge in [-0.3, -0.25) is 9.98 Å². The molecule has 1 aromatic heterocycles. The minimum atomic E-state index is 0.463. The molecule has 4 heteroatoms. The zero-order chi connectivity index (χ0) is 43.4. The van der Waals surface area contributed by atoms with Crippen LogP contribution in [0.1, 0.15) is 62.9 Å². The highest BCUT2D eigenvalue weighted by molar-refractivity contribution is 6.13. The average molecular weight is 825 g/mol. The summed E-state index contributed by atoms with van der Waals surface area (Å²) in [6, 6.07) is 54.4. The van der Waals surface area contributed by atoms with Crippen LogP contribution in [-0.4, -0.2) is 23.4 Å². The van der Waals surface area contributed by atoms with Crippen LogP contribution in [0, 0.1) is 13.8 Å². The molecule has 2 aliphatic carbocycles. The Labute approximate surface area is 376 Å². The summed E-state index contributed by atoms with van der Waals surface area (Å²) < 4.78 is 0. The molecule has 0 fully saturated rings. The number of hydrogen-bond acceptors (Lipinski definition) is 2. The molecule has 8 aromatic rings. The van der Waals surface area contributed by atoms with Crippen LogP contribution in [0.25, 0.3) is 73.6 Å². The molecule has 0 saturated heterocycles. The maximum Gasteiger partial charge on any atom is 0.161 e. The van der Waals surface area contributed by atoms with Gasteiger partial charge in [-0.2, -0.15) is 0 Å². The van der Waals surface area contributed by atoms with Crippen LogP contribution in [0.4, 0.5) is 0 Å². The van der Waals surface area contributed by atoms with E-state index in [9.17, 15) is 0 Å². The lowest BCUT2D eigenvalue weighted by Gasteiger charge is -2.16. The van der Waals surface area contributed by atoms with E-state index in [4.69, 9.17) is 15.0 Å². The zero-order valence-electron chi connectivity index (χ0n) is 36.3. The first kappa shape index (κ1) is 40.3. The molecule has 0 atom stereocenters. The molecule has 2 aliphatic rings. The van der Waals surface area contributed by atoms with Gasteiger partial charge in [-0.15, -0.1) is 0 Å². The molecular weight excluding hydrogens is 777 g/mol. The Hall–Kier alpha value is -7.82. The van der Waals surface area contributed by atoms with Crippen molar-refractivity contribution in [3.8, 4) is 44.6 Å². The molecule has 4 nitrogen and oxygen atoms in total. The normalized spacial score (nSPS) is 13.4. The molecule has 0 spiro atoms. The molecule has 0 radical (unpaired) electrons. The van der Waals surface area contributed by atoms with E-state index in [0.717, 1.165) is 75.0 Å². The van der Waals surface area contributed by atoms with Crippen molar-refractivity contribution in [3.05, 3.63) is 226 Å². The largest absolute Gasteiger partial charge is 0.261 e. The van der Waals surface area contributed by atoms with Crippen LogP contribution < -0.4 is 0 Å². The lowest BCUT2D eigenvalue weighted by Crippen LogP contribution is -2.06. The highest BCUT2D eigenvalue weighted by Crippen LogP contribution is 2.38. The van der Waals surface area contributed by atoms with Gasteiger partial charge in [0.2, 0.25) is 0 Å². The molecule has 64 heavy (non-hydrogen) atoms. The fourth-order valence-electron chi connectivity index (χ4n) is 9.02. The van der Waals surface area contributed by atoms with Gasteiger partial charge < -0.3 is 0 Å². The van der Waals surface area contributed by atoms with Gasteiger partial charge in [0.1, 0.15) is 0 Å². The molecule has 1 heterocycles. The molecule has 0 unspecified atom stereocenters. The Morgan fingerprint density at radius 1 is 0.562 bits per heavy atom. The highest BCUT2D eigenvalue weighted by atomic mass is 15.0. The quantitative estimate of drug-likeness (QED) is 0.111. The summed E-state index contributed by atoms with van der Waals surface area (Å²) in [5, 5.41) is 2.51. The van der Waals surface area contributed by atoms with Crippen LogP contribution in [0.2, 0.25) is 0 Å². The third kappa shape index (κ3) is 8.39. The Balaban J connectivity index is 1.11. The van der Waals surface area contributed by atoms with E-state index >= 15 is 0 Å². The average Bonchev–Trinajstić information content (AvgIpc) is 3.61. The second kappa shape index (κ2) is 17.9. The van der Waals surface area contributed by atoms with Gasteiger partial charge in [0, 0.05) is 28.5 Å². The first-order chi connectivity index (χ1) is 31.5. The summed E-state index contributed by atoms with van der Waals surface area (Å²) in [5.41, 5.74) is 19.1. The minimum Gasteiger partial charge on any atom is -0.261 e. The van der Waals surface area contributed by atoms with Crippen LogP contribution in [0.15, 0.2) is 191 Å². The lowest BCUT2D eigenvalue weighted by atomic mass is 9.89. The van der Waals surface area contributed by atoms with E-state index in [1.807, 2.05) is 18.3 Å².